The van der Waals surface area contributed by atoms with E-state index in [0.29, 0.717) is 5.16 Å². The summed E-state index contributed by atoms with van der Waals surface area (Å²) in [5.41, 5.74) is 0. The first-order valence-electron chi connectivity index (χ1n) is 3.95. The van der Waals surface area contributed by atoms with Gasteiger partial charge in [0.2, 0.25) is 5.16 Å². The summed E-state index contributed by atoms with van der Waals surface area (Å²) in [5, 5.41) is 19.7. The number of rotatable bonds is 6. The third kappa shape index (κ3) is 3.17. The Kier molecular flexibility index (Phi) is 4.11. The first-order chi connectivity index (χ1) is 6.74. The number of carboxylic acid groups (broad SMARTS) is 1. The van der Waals surface area contributed by atoms with Crippen molar-refractivity contribution in [3.05, 3.63) is 12.7 Å². The largest absolute Gasteiger partial charge is 0.480 e. The van der Waals surface area contributed by atoms with E-state index in [1.165, 1.54) is 16.4 Å². The second-order valence-corrected chi connectivity index (χ2v) is 3.50. The van der Waals surface area contributed by atoms with E-state index < -0.39 is 5.97 Å². The molecule has 0 atom stereocenters. The number of aromatic nitrogens is 4. The highest BCUT2D eigenvalue weighted by molar-refractivity contribution is 7.99. The molecule has 1 rings (SSSR count). The van der Waals surface area contributed by atoms with Crippen LogP contribution >= 0.6 is 11.8 Å². The molecule has 0 radical (unpaired) electrons. The summed E-state index contributed by atoms with van der Waals surface area (Å²) in [5.74, 6) is -0.161. The van der Waals surface area contributed by atoms with Crippen LogP contribution in [0.2, 0.25) is 0 Å². The van der Waals surface area contributed by atoms with E-state index in [9.17, 15) is 4.79 Å². The van der Waals surface area contributed by atoms with Crippen molar-refractivity contribution < 1.29 is 9.90 Å². The van der Waals surface area contributed by atoms with Crippen LogP contribution in [0.5, 0.6) is 0 Å². The minimum absolute atomic E-state index is 0.205. The standard InChI is InChI=1S/C7H10N4O2S/c1-2-3-4-14-7-8-9-10-11(7)5-6(12)13/h2H,1,3-5H2,(H,12,13). The van der Waals surface area contributed by atoms with Gasteiger partial charge in [-0.3, -0.25) is 4.79 Å². The number of carbonyl (C=O) groups is 1. The Balaban J connectivity index is 2.53. The molecule has 0 saturated heterocycles. The third-order valence-electron chi connectivity index (χ3n) is 1.34. The van der Waals surface area contributed by atoms with Crippen LogP contribution in [-0.2, 0) is 11.3 Å². The number of hydrogen-bond acceptors (Lipinski definition) is 5. The SMILES string of the molecule is C=CCCSc1nnnn1CC(=O)O. The molecule has 0 aliphatic heterocycles. The Bertz CT molecular complexity index is 325. The highest BCUT2D eigenvalue weighted by Gasteiger charge is 2.08. The Labute approximate surface area is 85.0 Å². The van der Waals surface area contributed by atoms with Gasteiger partial charge in [-0.05, 0) is 16.8 Å². The lowest BCUT2D eigenvalue weighted by molar-refractivity contribution is -0.138. The van der Waals surface area contributed by atoms with Gasteiger partial charge in [0, 0.05) is 5.75 Å². The topological polar surface area (TPSA) is 80.9 Å². The minimum atomic E-state index is -0.956. The molecular formula is C7H10N4O2S. The predicted octanol–water partition coefficient (Wildman–Crippen LogP) is 0.426. The van der Waals surface area contributed by atoms with Crippen molar-refractivity contribution in [1.29, 1.82) is 0 Å². The van der Waals surface area contributed by atoms with Gasteiger partial charge in [-0.15, -0.1) is 11.7 Å². The van der Waals surface area contributed by atoms with Gasteiger partial charge in [-0.1, -0.05) is 17.8 Å². The maximum absolute atomic E-state index is 10.4. The van der Waals surface area contributed by atoms with Crippen LogP contribution in [0.15, 0.2) is 17.8 Å². The summed E-state index contributed by atoms with van der Waals surface area (Å²) in [6.45, 7) is 3.38. The zero-order valence-electron chi connectivity index (χ0n) is 7.46. The first kappa shape index (κ1) is 10.7. The van der Waals surface area contributed by atoms with Gasteiger partial charge < -0.3 is 5.11 Å². The molecular weight excluding hydrogens is 204 g/mol. The summed E-state index contributed by atoms with van der Waals surface area (Å²) < 4.78 is 1.26. The van der Waals surface area contributed by atoms with Crippen molar-refractivity contribution in [3.8, 4) is 0 Å². The van der Waals surface area contributed by atoms with Crippen LogP contribution in [0, 0.1) is 0 Å². The molecule has 1 heterocycles. The maximum atomic E-state index is 10.4. The third-order valence-corrected chi connectivity index (χ3v) is 2.33. The van der Waals surface area contributed by atoms with Crippen LogP contribution in [0.3, 0.4) is 0 Å². The monoisotopic (exact) mass is 214 g/mol. The fourth-order valence-electron chi connectivity index (χ4n) is 0.761. The molecule has 0 bridgehead atoms. The second kappa shape index (κ2) is 5.38. The molecule has 7 heteroatoms. The summed E-state index contributed by atoms with van der Waals surface area (Å²) in [4.78, 5) is 10.4. The van der Waals surface area contributed by atoms with Crippen molar-refractivity contribution in [1.82, 2.24) is 20.2 Å². The number of hydrogen-bond donors (Lipinski definition) is 1. The number of carboxylic acids is 1. The highest BCUT2D eigenvalue weighted by Crippen LogP contribution is 2.14. The van der Waals surface area contributed by atoms with Gasteiger partial charge in [0.25, 0.3) is 0 Å². The average molecular weight is 214 g/mol. The molecule has 76 valence electrons. The molecule has 1 aromatic rings. The number of allylic oxidation sites excluding steroid dienone is 1. The van der Waals surface area contributed by atoms with Crippen molar-refractivity contribution in [2.45, 2.75) is 18.1 Å². The predicted molar refractivity (Wildman–Crippen MR) is 51.0 cm³/mol. The Morgan fingerprint density at radius 3 is 3.14 bits per heavy atom. The lowest BCUT2D eigenvalue weighted by Gasteiger charge is -1.98. The molecule has 0 unspecified atom stereocenters. The van der Waals surface area contributed by atoms with E-state index in [1.807, 2.05) is 0 Å². The van der Waals surface area contributed by atoms with Gasteiger partial charge in [-0.25, -0.2) is 4.68 Å². The lowest BCUT2D eigenvalue weighted by Crippen LogP contribution is -2.11. The van der Waals surface area contributed by atoms with Crippen LogP contribution in [-0.4, -0.2) is 37.0 Å². The fourth-order valence-corrected chi connectivity index (χ4v) is 1.57. The number of tetrazole rings is 1. The van der Waals surface area contributed by atoms with Crippen LogP contribution in [0.4, 0.5) is 0 Å². The molecule has 0 saturated carbocycles. The van der Waals surface area contributed by atoms with E-state index >= 15 is 0 Å². The maximum Gasteiger partial charge on any atom is 0.325 e. The molecule has 14 heavy (non-hydrogen) atoms. The molecule has 0 fully saturated rings. The van der Waals surface area contributed by atoms with E-state index in [4.69, 9.17) is 5.11 Å². The number of aliphatic carboxylic acids is 1. The smallest absolute Gasteiger partial charge is 0.325 e. The lowest BCUT2D eigenvalue weighted by atomic mass is 10.5. The summed E-state index contributed by atoms with van der Waals surface area (Å²) in [6.07, 6.45) is 2.63. The van der Waals surface area contributed by atoms with E-state index in [0.717, 1.165) is 12.2 Å². The van der Waals surface area contributed by atoms with Crippen molar-refractivity contribution in [2.75, 3.05) is 5.75 Å². The van der Waals surface area contributed by atoms with Crippen molar-refractivity contribution in [3.63, 3.8) is 0 Å². The molecule has 0 spiro atoms. The summed E-state index contributed by atoms with van der Waals surface area (Å²) >= 11 is 1.41. The Hall–Kier alpha value is -1.37. The zero-order chi connectivity index (χ0) is 10.4. The van der Waals surface area contributed by atoms with Gasteiger partial charge in [0.05, 0.1) is 0 Å². The Morgan fingerprint density at radius 2 is 2.50 bits per heavy atom. The fraction of sp³-hybridized carbons (Fsp3) is 0.429. The second-order valence-electron chi connectivity index (χ2n) is 2.44. The van der Waals surface area contributed by atoms with Crippen LogP contribution in [0.1, 0.15) is 6.42 Å². The first-order valence-corrected chi connectivity index (χ1v) is 4.94. The quantitative estimate of drug-likeness (QED) is 0.420. The van der Waals surface area contributed by atoms with Crippen LogP contribution in [0.25, 0.3) is 0 Å². The number of thioether (sulfide) groups is 1. The molecule has 0 amide bonds. The van der Waals surface area contributed by atoms with E-state index in [1.54, 1.807) is 6.08 Å². The van der Waals surface area contributed by atoms with E-state index in [-0.39, 0.29) is 6.54 Å². The molecule has 0 aliphatic rings. The average Bonchev–Trinajstić information content (AvgIpc) is 2.52. The van der Waals surface area contributed by atoms with Crippen molar-refractivity contribution in [2.24, 2.45) is 0 Å². The molecule has 6 nitrogen and oxygen atoms in total. The van der Waals surface area contributed by atoms with Crippen molar-refractivity contribution >= 4 is 17.7 Å². The molecule has 1 aromatic heterocycles. The minimum Gasteiger partial charge on any atom is -0.480 e. The molecule has 0 aliphatic carbocycles. The van der Waals surface area contributed by atoms with Gasteiger partial charge >= 0.3 is 5.97 Å². The molecule has 0 aromatic carbocycles. The van der Waals surface area contributed by atoms with E-state index in [2.05, 4.69) is 22.1 Å². The van der Waals surface area contributed by atoms with Crippen LogP contribution < -0.4 is 0 Å². The summed E-state index contributed by atoms with van der Waals surface area (Å²) in [6, 6.07) is 0. The van der Waals surface area contributed by atoms with Gasteiger partial charge in [-0.2, -0.15) is 0 Å². The highest BCUT2D eigenvalue weighted by atomic mass is 32.2. The summed E-state index contributed by atoms with van der Waals surface area (Å²) in [7, 11) is 0. The Morgan fingerprint density at radius 1 is 1.71 bits per heavy atom. The normalized spacial score (nSPS) is 10.0. The molecule has 1 N–H and O–H groups in total. The zero-order valence-corrected chi connectivity index (χ0v) is 8.27. The van der Waals surface area contributed by atoms with Gasteiger partial charge in [0.15, 0.2) is 0 Å². The van der Waals surface area contributed by atoms with Gasteiger partial charge in [0.1, 0.15) is 6.54 Å². The number of nitrogens with zero attached hydrogens (tertiary/aromatic N) is 4.